The van der Waals surface area contributed by atoms with Crippen LogP contribution in [0, 0.1) is 11.6 Å². The lowest BCUT2D eigenvalue weighted by Gasteiger charge is -2.20. The second-order valence-electron chi connectivity index (χ2n) is 4.22. The first kappa shape index (κ1) is 18.3. The summed E-state index contributed by atoms with van der Waals surface area (Å²) in [7, 11) is 1.45. The van der Waals surface area contributed by atoms with E-state index in [0.29, 0.717) is 5.56 Å². The van der Waals surface area contributed by atoms with Crippen LogP contribution in [0.3, 0.4) is 0 Å². The van der Waals surface area contributed by atoms with Crippen LogP contribution in [0.4, 0.5) is 8.78 Å². The summed E-state index contributed by atoms with van der Waals surface area (Å²) in [4.78, 5) is 23.6. The van der Waals surface area contributed by atoms with Crippen LogP contribution >= 0.6 is 12.4 Å². The fraction of sp³-hybridized carbons (Fsp3) is 0.333. The maximum absolute atomic E-state index is 13.0. The van der Waals surface area contributed by atoms with Gasteiger partial charge in [0, 0.05) is 13.6 Å². The minimum atomic E-state index is -1.03. The molecule has 4 N–H and O–H groups in total. The number of rotatable bonds is 5. The van der Waals surface area contributed by atoms with Crippen molar-refractivity contribution in [2.45, 2.75) is 19.0 Å². The van der Waals surface area contributed by atoms with Crippen molar-refractivity contribution < 1.29 is 18.4 Å². The summed E-state index contributed by atoms with van der Waals surface area (Å²) < 4.78 is 25.7. The number of hydrogen-bond donors (Lipinski definition) is 2. The summed E-state index contributed by atoms with van der Waals surface area (Å²) in [5.74, 6) is -3.12. The number of nitrogens with zero attached hydrogens (tertiary/aromatic N) is 1. The number of carbonyl (C=O) groups excluding carboxylic acids is 2. The zero-order valence-corrected chi connectivity index (χ0v) is 11.6. The molecule has 0 radical (unpaired) electrons. The molecule has 0 saturated carbocycles. The summed E-state index contributed by atoms with van der Waals surface area (Å²) in [6, 6.07) is 2.31. The van der Waals surface area contributed by atoms with Crippen LogP contribution < -0.4 is 11.5 Å². The molecule has 1 atom stereocenters. The molecule has 0 saturated heterocycles. The third-order valence-corrected chi connectivity index (χ3v) is 2.52. The Balaban J connectivity index is 0.00000361. The summed E-state index contributed by atoms with van der Waals surface area (Å²) in [5.41, 5.74) is 10.9. The van der Waals surface area contributed by atoms with E-state index in [2.05, 4.69) is 0 Å². The topological polar surface area (TPSA) is 89.4 Å². The molecule has 0 aliphatic heterocycles. The molecule has 1 aromatic rings. The van der Waals surface area contributed by atoms with Gasteiger partial charge in [0.05, 0.1) is 12.5 Å². The molecular formula is C12H16ClF2N3O2. The number of likely N-dealkylation sites (N-methyl/N-ethyl adjacent to an activating group) is 1. The third kappa shape index (κ3) is 5.10. The van der Waals surface area contributed by atoms with Crippen molar-refractivity contribution in [3.8, 4) is 0 Å². The van der Waals surface area contributed by atoms with E-state index >= 15 is 0 Å². The maximum Gasteiger partial charge on any atom is 0.240 e. The summed E-state index contributed by atoms with van der Waals surface area (Å²) in [5, 5.41) is 0. The molecule has 0 aliphatic carbocycles. The van der Waals surface area contributed by atoms with Gasteiger partial charge in [0.1, 0.15) is 0 Å². The molecule has 20 heavy (non-hydrogen) atoms. The van der Waals surface area contributed by atoms with E-state index in [-0.39, 0.29) is 25.4 Å². The van der Waals surface area contributed by atoms with Crippen LogP contribution in [-0.2, 0) is 16.1 Å². The van der Waals surface area contributed by atoms with Gasteiger partial charge < -0.3 is 16.4 Å². The van der Waals surface area contributed by atoms with Crippen molar-refractivity contribution in [1.82, 2.24) is 4.90 Å². The van der Waals surface area contributed by atoms with Crippen LogP contribution in [0.5, 0.6) is 0 Å². The first-order valence-electron chi connectivity index (χ1n) is 5.54. The monoisotopic (exact) mass is 307 g/mol. The first-order valence-corrected chi connectivity index (χ1v) is 5.54. The van der Waals surface area contributed by atoms with E-state index in [1.165, 1.54) is 18.0 Å². The number of hydrogen-bond acceptors (Lipinski definition) is 3. The first-order chi connectivity index (χ1) is 8.81. The van der Waals surface area contributed by atoms with E-state index in [0.717, 1.165) is 12.1 Å². The van der Waals surface area contributed by atoms with Gasteiger partial charge in [0.15, 0.2) is 11.6 Å². The average molecular weight is 308 g/mol. The normalized spacial score (nSPS) is 11.4. The van der Waals surface area contributed by atoms with Gasteiger partial charge >= 0.3 is 0 Å². The molecular weight excluding hydrogens is 292 g/mol. The van der Waals surface area contributed by atoms with Gasteiger partial charge in [-0.25, -0.2) is 8.78 Å². The molecule has 1 rings (SSSR count). The predicted molar refractivity (Wildman–Crippen MR) is 71.9 cm³/mol. The standard InChI is InChI=1S/C12H15F2N3O2.ClH/c1-17(12(19)10(15)5-11(16)18)6-7-2-3-8(13)9(14)4-7;/h2-4,10H,5-6,15H2,1H3,(H2,16,18);1H. The van der Waals surface area contributed by atoms with Crippen molar-refractivity contribution in [2.75, 3.05) is 7.05 Å². The Labute approximate surface area is 121 Å². The average Bonchev–Trinajstić information content (AvgIpc) is 2.32. The Kier molecular flexibility index (Phi) is 7.09. The molecule has 1 unspecified atom stereocenters. The summed E-state index contributed by atoms with van der Waals surface area (Å²) in [6.07, 6.45) is -0.263. The van der Waals surface area contributed by atoms with Crippen LogP contribution in [0.1, 0.15) is 12.0 Å². The Morgan fingerprint density at radius 3 is 2.40 bits per heavy atom. The molecule has 2 amide bonds. The van der Waals surface area contributed by atoms with Crippen molar-refractivity contribution in [2.24, 2.45) is 11.5 Å². The Bertz CT molecular complexity index is 500. The molecule has 0 aliphatic rings. The molecule has 8 heteroatoms. The van der Waals surface area contributed by atoms with Gasteiger partial charge in [0.25, 0.3) is 0 Å². The van der Waals surface area contributed by atoms with E-state index in [4.69, 9.17) is 11.5 Å². The third-order valence-electron chi connectivity index (χ3n) is 2.52. The van der Waals surface area contributed by atoms with Gasteiger partial charge in [-0.15, -0.1) is 12.4 Å². The summed E-state index contributed by atoms with van der Waals surface area (Å²) >= 11 is 0. The Morgan fingerprint density at radius 1 is 1.30 bits per heavy atom. The number of nitrogens with two attached hydrogens (primary N) is 2. The van der Waals surface area contributed by atoms with Gasteiger partial charge in [-0.1, -0.05) is 6.07 Å². The smallest absolute Gasteiger partial charge is 0.240 e. The number of benzene rings is 1. The largest absolute Gasteiger partial charge is 0.370 e. The second-order valence-corrected chi connectivity index (χ2v) is 4.22. The van der Waals surface area contributed by atoms with Crippen molar-refractivity contribution in [3.63, 3.8) is 0 Å². The van der Waals surface area contributed by atoms with E-state index in [1.807, 2.05) is 0 Å². The molecule has 5 nitrogen and oxygen atoms in total. The van der Waals surface area contributed by atoms with E-state index in [1.54, 1.807) is 0 Å². The van der Waals surface area contributed by atoms with Gasteiger partial charge in [-0.05, 0) is 17.7 Å². The van der Waals surface area contributed by atoms with Crippen LogP contribution in [0.25, 0.3) is 0 Å². The van der Waals surface area contributed by atoms with Gasteiger partial charge in [-0.2, -0.15) is 0 Å². The lowest BCUT2D eigenvalue weighted by molar-refractivity contribution is -0.133. The molecule has 0 fully saturated rings. The fourth-order valence-corrected chi connectivity index (χ4v) is 1.58. The minimum absolute atomic E-state index is 0. The quantitative estimate of drug-likeness (QED) is 0.832. The molecule has 112 valence electrons. The number of carbonyl (C=O) groups is 2. The second kappa shape index (κ2) is 7.76. The molecule has 1 aromatic carbocycles. The Morgan fingerprint density at radius 2 is 1.90 bits per heavy atom. The Hall–Kier alpha value is -1.73. The van der Waals surface area contributed by atoms with Crippen LogP contribution in [0.15, 0.2) is 18.2 Å². The maximum atomic E-state index is 13.0. The molecule has 0 heterocycles. The predicted octanol–water partition coefficient (Wildman–Crippen LogP) is 0.548. The molecule has 0 aromatic heterocycles. The molecule has 0 bridgehead atoms. The minimum Gasteiger partial charge on any atom is -0.370 e. The van der Waals surface area contributed by atoms with E-state index < -0.39 is 29.5 Å². The number of primary amides is 1. The van der Waals surface area contributed by atoms with Crippen LogP contribution in [0.2, 0.25) is 0 Å². The fourth-order valence-electron chi connectivity index (χ4n) is 1.58. The lowest BCUT2D eigenvalue weighted by Crippen LogP contribution is -2.43. The van der Waals surface area contributed by atoms with Crippen molar-refractivity contribution >= 4 is 24.2 Å². The summed E-state index contributed by atoms with van der Waals surface area (Å²) in [6.45, 7) is 0.0580. The molecule has 0 spiro atoms. The zero-order chi connectivity index (χ0) is 14.6. The van der Waals surface area contributed by atoms with Gasteiger partial charge in [0.2, 0.25) is 11.8 Å². The zero-order valence-electron chi connectivity index (χ0n) is 10.8. The van der Waals surface area contributed by atoms with Crippen molar-refractivity contribution in [1.29, 1.82) is 0 Å². The number of amides is 2. The van der Waals surface area contributed by atoms with E-state index in [9.17, 15) is 18.4 Å². The highest BCUT2D eigenvalue weighted by Gasteiger charge is 2.20. The highest BCUT2D eigenvalue weighted by molar-refractivity contribution is 5.87. The SMILES string of the molecule is CN(Cc1ccc(F)c(F)c1)C(=O)C(N)CC(N)=O.Cl. The van der Waals surface area contributed by atoms with Crippen LogP contribution in [-0.4, -0.2) is 29.8 Å². The number of halogens is 3. The van der Waals surface area contributed by atoms with Gasteiger partial charge in [-0.3, -0.25) is 9.59 Å². The highest BCUT2D eigenvalue weighted by Crippen LogP contribution is 2.11. The lowest BCUT2D eigenvalue weighted by atomic mass is 10.1. The highest BCUT2D eigenvalue weighted by atomic mass is 35.5. The van der Waals surface area contributed by atoms with Crippen molar-refractivity contribution in [3.05, 3.63) is 35.4 Å².